The summed E-state index contributed by atoms with van der Waals surface area (Å²) in [6.45, 7) is 2.13. The second kappa shape index (κ2) is 3.57. The Morgan fingerprint density at radius 2 is 2.14 bits per heavy atom. The number of carboxylic acid groups (broad SMARTS) is 1. The third-order valence-electron chi connectivity index (χ3n) is 3.15. The molecule has 0 aromatic heterocycles. The number of piperidine rings is 1. The van der Waals surface area contributed by atoms with E-state index in [4.69, 9.17) is 5.11 Å². The van der Waals surface area contributed by atoms with Crippen molar-refractivity contribution in [1.82, 2.24) is 10.2 Å². The second-order valence-corrected chi connectivity index (χ2v) is 3.95. The lowest BCUT2D eigenvalue weighted by Gasteiger charge is -2.33. The van der Waals surface area contributed by atoms with Gasteiger partial charge in [0.1, 0.15) is 0 Å². The van der Waals surface area contributed by atoms with Crippen molar-refractivity contribution in [3.8, 4) is 0 Å². The monoisotopic (exact) mass is 198 g/mol. The highest BCUT2D eigenvalue weighted by molar-refractivity contribution is 6.31. The highest BCUT2D eigenvalue weighted by atomic mass is 16.4. The van der Waals surface area contributed by atoms with Gasteiger partial charge in [-0.15, -0.1) is 0 Å². The van der Waals surface area contributed by atoms with Crippen molar-refractivity contribution < 1.29 is 14.7 Å². The Kier molecular flexibility index (Phi) is 2.41. The summed E-state index contributed by atoms with van der Waals surface area (Å²) in [5.74, 6) is -1.48. The normalized spacial score (nSPS) is 31.3. The molecule has 0 aliphatic carbocycles. The van der Waals surface area contributed by atoms with Gasteiger partial charge in [0.05, 0.1) is 0 Å². The van der Waals surface area contributed by atoms with Crippen molar-refractivity contribution in [1.29, 1.82) is 0 Å². The molecule has 5 heteroatoms. The molecule has 2 fully saturated rings. The Morgan fingerprint density at radius 3 is 2.86 bits per heavy atom. The number of likely N-dealkylation sites (tertiary alicyclic amines) is 1. The fraction of sp³-hybridized carbons (Fsp3) is 0.778. The number of amides is 1. The van der Waals surface area contributed by atoms with Gasteiger partial charge in [-0.05, 0) is 25.3 Å². The predicted octanol–water partition coefficient (Wildman–Crippen LogP) is -0.719. The van der Waals surface area contributed by atoms with Crippen molar-refractivity contribution >= 4 is 11.9 Å². The molecule has 2 saturated heterocycles. The van der Waals surface area contributed by atoms with Gasteiger partial charge < -0.3 is 15.3 Å². The Balaban J connectivity index is 1.97. The number of carbonyl (C=O) groups excluding carboxylic acids is 1. The second-order valence-electron chi connectivity index (χ2n) is 3.95. The molecule has 2 aliphatic rings. The van der Waals surface area contributed by atoms with Gasteiger partial charge in [-0.1, -0.05) is 0 Å². The first kappa shape index (κ1) is 9.45. The number of nitrogens with zero attached hydrogens (tertiary/aromatic N) is 1. The maximum Gasteiger partial charge on any atom is 0.394 e. The highest BCUT2D eigenvalue weighted by Crippen LogP contribution is 2.24. The standard InChI is InChI=1S/C9H14N2O3/c12-8(9(13)14)11-4-2-6-1-3-10-7(6)5-11/h6-7,10H,1-5H2,(H,13,14). The number of fused-ring (bicyclic) bond motifs is 1. The van der Waals surface area contributed by atoms with Crippen molar-refractivity contribution in [3.63, 3.8) is 0 Å². The Hall–Kier alpha value is -1.10. The van der Waals surface area contributed by atoms with Crippen LogP contribution in [0.5, 0.6) is 0 Å². The summed E-state index contributed by atoms with van der Waals surface area (Å²) in [4.78, 5) is 23.1. The fourth-order valence-electron chi connectivity index (χ4n) is 2.35. The molecule has 2 atom stereocenters. The molecule has 2 unspecified atom stereocenters. The minimum absolute atomic E-state index is 0.312. The van der Waals surface area contributed by atoms with Gasteiger partial charge in [-0.25, -0.2) is 4.79 Å². The molecular weight excluding hydrogens is 184 g/mol. The molecule has 2 N–H and O–H groups in total. The van der Waals surface area contributed by atoms with Crippen LogP contribution in [0.15, 0.2) is 0 Å². The number of hydrogen-bond donors (Lipinski definition) is 2. The Bertz CT molecular complexity index is 267. The van der Waals surface area contributed by atoms with E-state index in [2.05, 4.69) is 5.32 Å². The molecule has 2 heterocycles. The maximum absolute atomic E-state index is 11.2. The topological polar surface area (TPSA) is 69.6 Å². The van der Waals surface area contributed by atoms with Gasteiger partial charge in [0, 0.05) is 19.1 Å². The summed E-state index contributed by atoms with van der Waals surface area (Å²) in [5.41, 5.74) is 0. The van der Waals surface area contributed by atoms with Gasteiger partial charge in [-0.2, -0.15) is 0 Å². The summed E-state index contributed by atoms with van der Waals surface area (Å²) in [6, 6.07) is 0.312. The molecular formula is C9H14N2O3. The Labute approximate surface area is 82.1 Å². The van der Waals surface area contributed by atoms with Crippen LogP contribution in [0.2, 0.25) is 0 Å². The number of carboxylic acids is 1. The van der Waals surface area contributed by atoms with Crippen molar-refractivity contribution in [2.75, 3.05) is 19.6 Å². The van der Waals surface area contributed by atoms with E-state index in [1.807, 2.05) is 0 Å². The first-order valence-electron chi connectivity index (χ1n) is 4.94. The summed E-state index contributed by atoms with van der Waals surface area (Å²) < 4.78 is 0. The molecule has 0 radical (unpaired) electrons. The minimum Gasteiger partial charge on any atom is -0.474 e. The van der Waals surface area contributed by atoms with Crippen molar-refractivity contribution in [3.05, 3.63) is 0 Å². The van der Waals surface area contributed by atoms with Crippen LogP contribution in [-0.2, 0) is 9.59 Å². The molecule has 0 bridgehead atoms. The predicted molar refractivity (Wildman–Crippen MR) is 48.7 cm³/mol. The molecule has 1 amide bonds. The number of carbonyl (C=O) groups is 2. The first-order chi connectivity index (χ1) is 6.68. The van der Waals surface area contributed by atoms with E-state index >= 15 is 0 Å². The van der Waals surface area contributed by atoms with Gasteiger partial charge in [0.2, 0.25) is 0 Å². The highest BCUT2D eigenvalue weighted by Gasteiger charge is 2.35. The number of rotatable bonds is 0. The number of aliphatic carboxylic acids is 1. The zero-order valence-electron chi connectivity index (χ0n) is 7.90. The van der Waals surface area contributed by atoms with Gasteiger partial charge in [-0.3, -0.25) is 4.79 Å². The van der Waals surface area contributed by atoms with Crippen molar-refractivity contribution in [2.45, 2.75) is 18.9 Å². The third-order valence-corrected chi connectivity index (χ3v) is 3.15. The van der Waals surface area contributed by atoms with E-state index in [0.29, 0.717) is 25.0 Å². The van der Waals surface area contributed by atoms with E-state index < -0.39 is 11.9 Å². The smallest absolute Gasteiger partial charge is 0.394 e. The van der Waals surface area contributed by atoms with Crippen molar-refractivity contribution in [2.24, 2.45) is 5.92 Å². The third kappa shape index (κ3) is 1.59. The molecule has 78 valence electrons. The first-order valence-corrected chi connectivity index (χ1v) is 4.94. The van der Waals surface area contributed by atoms with Gasteiger partial charge in [0.15, 0.2) is 0 Å². The zero-order valence-corrected chi connectivity index (χ0v) is 7.90. The van der Waals surface area contributed by atoms with Crippen LogP contribution in [0, 0.1) is 5.92 Å². The van der Waals surface area contributed by atoms with Crippen LogP contribution in [-0.4, -0.2) is 47.6 Å². The van der Waals surface area contributed by atoms with Gasteiger partial charge in [0.25, 0.3) is 0 Å². The lowest BCUT2D eigenvalue weighted by atomic mass is 9.92. The van der Waals surface area contributed by atoms with Gasteiger partial charge >= 0.3 is 11.9 Å². The average molecular weight is 198 g/mol. The fourth-order valence-corrected chi connectivity index (χ4v) is 2.35. The number of nitrogens with one attached hydrogen (secondary N) is 1. The largest absolute Gasteiger partial charge is 0.474 e. The maximum atomic E-state index is 11.2. The van der Waals surface area contributed by atoms with Crippen LogP contribution in [0.3, 0.4) is 0 Å². The molecule has 5 nitrogen and oxygen atoms in total. The lowest BCUT2D eigenvalue weighted by molar-refractivity contribution is -0.156. The molecule has 0 spiro atoms. The van der Waals surface area contributed by atoms with Crippen LogP contribution >= 0.6 is 0 Å². The summed E-state index contributed by atoms with van der Waals surface area (Å²) in [7, 11) is 0. The van der Waals surface area contributed by atoms with E-state index in [1.165, 1.54) is 4.90 Å². The van der Waals surface area contributed by atoms with Crippen LogP contribution in [0.1, 0.15) is 12.8 Å². The van der Waals surface area contributed by atoms with Crippen LogP contribution in [0.25, 0.3) is 0 Å². The molecule has 0 aromatic carbocycles. The summed E-state index contributed by atoms with van der Waals surface area (Å²) >= 11 is 0. The molecule has 0 saturated carbocycles. The van der Waals surface area contributed by atoms with E-state index in [0.717, 1.165) is 19.4 Å². The minimum atomic E-state index is -1.35. The molecule has 14 heavy (non-hydrogen) atoms. The summed E-state index contributed by atoms with van der Waals surface area (Å²) in [5, 5.41) is 11.9. The molecule has 2 rings (SSSR count). The zero-order chi connectivity index (χ0) is 10.1. The molecule has 0 aromatic rings. The van der Waals surface area contributed by atoms with E-state index in [1.54, 1.807) is 0 Å². The lowest BCUT2D eigenvalue weighted by Crippen LogP contribution is -2.50. The quantitative estimate of drug-likeness (QED) is 0.504. The number of hydrogen-bond acceptors (Lipinski definition) is 3. The Morgan fingerprint density at radius 1 is 1.36 bits per heavy atom. The molecule has 2 aliphatic heterocycles. The van der Waals surface area contributed by atoms with E-state index in [9.17, 15) is 9.59 Å². The summed E-state index contributed by atoms with van der Waals surface area (Å²) in [6.07, 6.45) is 2.08. The van der Waals surface area contributed by atoms with Crippen LogP contribution in [0.4, 0.5) is 0 Å². The average Bonchev–Trinajstić information content (AvgIpc) is 2.62. The van der Waals surface area contributed by atoms with E-state index in [-0.39, 0.29) is 0 Å². The van der Waals surface area contributed by atoms with Crippen LogP contribution < -0.4 is 5.32 Å². The SMILES string of the molecule is O=C(O)C(=O)N1CCC2CCNC2C1.